The van der Waals surface area contributed by atoms with Crippen molar-refractivity contribution in [2.24, 2.45) is 0 Å². The van der Waals surface area contributed by atoms with Gasteiger partial charge in [0.2, 0.25) is 0 Å². The number of halogens is 1. The molecule has 0 radical (unpaired) electrons. The monoisotopic (exact) mass is 370 g/mol. The molecule has 132 valence electrons. The zero-order valence-corrected chi connectivity index (χ0v) is 14.8. The first-order chi connectivity index (χ1) is 12.4. The van der Waals surface area contributed by atoms with E-state index in [0.29, 0.717) is 22.0 Å². The van der Waals surface area contributed by atoms with Crippen LogP contribution in [0.3, 0.4) is 0 Å². The molecule has 2 aromatic carbocycles. The van der Waals surface area contributed by atoms with Crippen LogP contribution in [0.1, 0.15) is 11.1 Å². The molecule has 1 saturated heterocycles. The van der Waals surface area contributed by atoms with Gasteiger partial charge in [0.15, 0.2) is 0 Å². The van der Waals surface area contributed by atoms with Gasteiger partial charge >= 0.3 is 6.03 Å². The fourth-order valence-electron chi connectivity index (χ4n) is 2.52. The van der Waals surface area contributed by atoms with E-state index >= 15 is 0 Å². The summed E-state index contributed by atoms with van der Waals surface area (Å²) in [6.45, 7) is 1.89. The molecule has 0 atom stereocenters. The molecular formula is C19H15ClN2O4. The van der Waals surface area contributed by atoms with Gasteiger partial charge in [-0.3, -0.25) is 14.9 Å². The molecule has 4 amide bonds. The summed E-state index contributed by atoms with van der Waals surface area (Å²) in [6, 6.07) is 10.9. The molecule has 1 fully saturated rings. The van der Waals surface area contributed by atoms with Gasteiger partial charge in [0.1, 0.15) is 11.3 Å². The van der Waals surface area contributed by atoms with Crippen LogP contribution < -0.4 is 15.0 Å². The highest BCUT2D eigenvalue weighted by atomic mass is 35.5. The topological polar surface area (TPSA) is 75.7 Å². The van der Waals surface area contributed by atoms with Gasteiger partial charge in [-0.05, 0) is 42.8 Å². The summed E-state index contributed by atoms with van der Waals surface area (Å²) < 4.78 is 5.08. The first kappa shape index (κ1) is 17.7. The molecule has 1 N–H and O–H groups in total. The Morgan fingerprint density at radius 2 is 1.77 bits per heavy atom. The number of barbiturate groups is 1. The van der Waals surface area contributed by atoms with E-state index in [9.17, 15) is 14.4 Å². The summed E-state index contributed by atoms with van der Waals surface area (Å²) in [7, 11) is 1.49. The maximum Gasteiger partial charge on any atom is 0.335 e. The van der Waals surface area contributed by atoms with E-state index in [0.717, 1.165) is 10.5 Å². The van der Waals surface area contributed by atoms with Crippen LogP contribution in [0, 0.1) is 6.92 Å². The number of carbonyl (C=O) groups is 3. The lowest BCUT2D eigenvalue weighted by Gasteiger charge is -2.26. The Labute approximate surface area is 155 Å². The van der Waals surface area contributed by atoms with Gasteiger partial charge < -0.3 is 4.74 Å². The number of aryl methyl sites for hydroxylation is 1. The lowest BCUT2D eigenvalue weighted by atomic mass is 10.1. The normalized spacial score (nSPS) is 16.0. The van der Waals surface area contributed by atoms with Crippen LogP contribution in [0.25, 0.3) is 6.08 Å². The van der Waals surface area contributed by atoms with Crippen LogP contribution in [0.4, 0.5) is 10.5 Å². The Kier molecular flexibility index (Phi) is 4.77. The van der Waals surface area contributed by atoms with Crippen LogP contribution in [-0.4, -0.2) is 25.0 Å². The van der Waals surface area contributed by atoms with Gasteiger partial charge in [0.25, 0.3) is 11.8 Å². The highest BCUT2D eigenvalue weighted by Gasteiger charge is 2.36. The largest absolute Gasteiger partial charge is 0.495 e. The van der Waals surface area contributed by atoms with Crippen molar-refractivity contribution in [1.29, 1.82) is 0 Å². The molecule has 0 aromatic heterocycles. The average Bonchev–Trinajstić information content (AvgIpc) is 2.60. The van der Waals surface area contributed by atoms with E-state index in [1.165, 1.54) is 13.2 Å². The molecule has 3 rings (SSSR count). The molecule has 0 saturated carbocycles. The third-order valence-electron chi connectivity index (χ3n) is 3.88. The average molecular weight is 371 g/mol. The highest BCUT2D eigenvalue weighted by molar-refractivity contribution is 6.39. The zero-order valence-electron chi connectivity index (χ0n) is 14.1. The molecule has 1 heterocycles. The Balaban J connectivity index is 1.99. The van der Waals surface area contributed by atoms with Crippen molar-refractivity contribution in [3.8, 4) is 5.75 Å². The van der Waals surface area contributed by atoms with Gasteiger partial charge in [0, 0.05) is 0 Å². The molecule has 0 spiro atoms. The fourth-order valence-corrected chi connectivity index (χ4v) is 2.79. The number of urea groups is 1. The third kappa shape index (κ3) is 3.32. The van der Waals surface area contributed by atoms with E-state index in [4.69, 9.17) is 16.3 Å². The number of anilines is 1. The summed E-state index contributed by atoms with van der Waals surface area (Å²) in [5.74, 6) is -0.977. The van der Waals surface area contributed by atoms with Gasteiger partial charge in [-0.1, -0.05) is 35.4 Å². The molecule has 2 aromatic rings. The predicted octanol–water partition coefficient (Wildman–Crippen LogP) is 3.32. The van der Waals surface area contributed by atoms with Crippen molar-refractivity contribution in [3.63, 3.8) is 0 Å². The number of hydrogen-bond acceptors (Lipinski definition) is 4. The lowest BCUT2D eigenvalue weighted by Crippen LogP contribution is -2.54. The van der Waals surface area contributed by atoms with Crippen molar-refractivity contribution in [2.75, 3.05) is 12.0 Å². The molecule has 6 nitrogen and oxygen atoms in total. The van der Waals surface area contributed by atoms with Gasteiger partial charge in [-0.25, -0.2) is 9.69 Å². The molecule has 7 heteroatoms. The Morgan fingerprint density at radius 1 is 1.08 bits per heavy atom. The number of nitrogens with one attached hydrogen (secondary N) is 1. The first-order valence-electron chi connectivity index (χ1n) is 7.72. The van der Waals surface area contributed by atoms with Crippen LogP contribution in [-0.2, 0) is 9.59 Å². The van der Waals surface area contributed by atoms with Crippen LogP contribution in [0.5, 0.6) is 5.75 Å². The number of methoxy groups -OCH3 is 1. The molecular weight excluding hydrogens is 356 g/mol. The molecule has 0 bridgehead atoms. The fraction of sp³-hybridized carbons (Fsp3) is 0.105. The Morgan fingerprint density at radius 3 is 2.38 bits per heavy atom. The molecule has 0 aliphatic carbocycles. The molecule has 1 aliphatic heterocycles. The SMILES string of the molecule is COc1ccc(/C=C2/C(=O)NC(=O)N(c3ccc(C)cc3)C2=O)cc1Cl. The zero-order chi connectivity index (χ0) is 18.8. The standard InChI is InChI=1S/C19H15ClN2O4/c1-11-3-6-13(7-4-11)22-18(24)14(17(23)21-19(22)25)9-12-5-8-16(26-2)15(20)10-12/h3-10H,1-2H3,(H,21,23,25)/b14-9-. The van der Waals surface area contributed by atoms with E-state index in [1.54, 1.807) is 42.5 Å². The van der Waals surface area contributed by atoms with Crippen LogP contribution in [0.15, 0.2) is 48.0 Å². The number of benzene rings is 2. The summed E-state index contributed by atoms with van der Waals surface area (Å²) >= 11 is 6.08. The first-order valence-corrected chi connectivity index (χ1v) is 8.10. The molecule has 0 unspecified atom stereocenters. The van der Waals surface area contributed by atoms with Crippen LogP contribution >= 0.6 is 11.6 Å². The summed E-state index contributed by atoms with van der Waals surface area (Å²) in [4.78, 5) is 38.0. The van der Waals surface area contributed by atoms with E-state index in [1.807, 2.05) is 6.92 Å². The number of amides is 4. The van der Waals surface area contributed by atoms with Crippen molar-refractivity contribution >= 4 is 41.2 Å². The van der Waals surface area contributed by atoms with Crippen molar-refractivity contribution in [2.45, 2.75) is 6.92 Å². The van der Waals surface area contributed by atoms with Gasteiger partial charge in [-0.2, -0.15) is 0 Å². The summed E-state index contributed by atoms with van der Waals surface area (Å²) in [5, 5.41) is 2.53. The highest BCUT2D eigenvalue weighted by Crippen LogP contribution is 2.27. The number of rotatable bonds is 3. The molecule has 1 aliphatic rings. The van der Waals surface area contributed by atoms with Crippen LogP contribution in [0.2, 0.25) is 5.02 Å². The number of hydrogen-bond donors (Lipinski definition) is 1. The van der Waals surface area contributed by atoms with E-state index in [-0.39, 0.29) is 5.57 Å². The quantitative estimate of drug-likeness (QED) is 0.664. The Bertz CT molecular complexity index is 935. The minimum absolute atomic E-state index is 0.161. The van der Waals surface area contributed by atoms with Gasteiger partial charge in [-0.15, -0.1) is 0 Å². The van der Waals surface area contributed by atoms with Gasteiger partial charge in [0.05, 0.1) is 17.8 Å². The lowest BCUT2D eigenvalue weighted by molar-refractivity contribution is -0.122. The van der Waals surface area contributed by atoms with E-state index < -0.39 is 17.8 Å². The smallest absolute Gasteiger partial charge is 0.335 e. The van der Waals surface area contributed by atoms with E-state index in [2.05, 4.69) is 5.32 Å². The minimum atomic E-state index is -0.784. The minimum Gasteiger partial charge on any atom is -0.495 e. The second kappa shape index (κ2) is 7.01. The molecule has 26 heavy (non-hydrogen) atoms. The maximum atomic E-state index is 12.8. The number of carbonyl (C=O) groups excluding carboxylic acids is 3. The number of nitrogens with zero attached hydrogens (tertiary/aromatic N) is 1. The maximum absolute atomic E-state index is 12.8. The number of imide groups is 2. The van der Waals surface area contributed by atoms with Crippen molar-refractivity contribution < 1.29 is 19.1 Å². The second-order valence-electron chi connectivity index (χ2n) is 5.69. The number of ether oxygens (including phenoxy) is 1. The predicted molar refractivity (Wildman–Crippen MR) is 98.2 cm³/mol. The summed E-state index contributed by atoms with van der Waals surface area (Å²) in [6.07, 6.45) is 1.39. The Hall–Kier alpha value is -3.12. The van der Waals surface area contributed by atoms with Crippen molar-refractivity contribution in [1.82, 2.24) is 5.32 Å². The summed E-state index contributed by atoms with van der Waals surface area (Å²) in [5.41, 5.74) is 1.74. The second-order valence-corrected chi connectivity index (χ2v) is 6.09. The van der Waals surface area contributed by atoms with Crippen molar-refractivity contribution in [3.05, 3.63) is 64.2 Å². The third-order valence-corrected chi connectivity index (χ3v) is 4.18.